The number of carbonyl (C=O) groups excluding carboxylic acids is 1. The number of benzene rings is 2. The van der Waals surface area contributed by atoms with Gasteiger partial charge in [-0.05, 0) is 48.6 Å². The molecule has 0 spiro atoms. The second-order valence-corrected chi connectivity index (χ2v) is 13.6. The third-order valence-electron chi connectivity index (χ3n) is 8.25. The average molecular weight is 922 g/mol. The summed E-state index contributed by atoms with van der Waals surface area (Å²) in [4.78, 5) is 90.9. The number of aromatic hydroxyl groups is 1. The highest BCUT2D eigenvalue weighted by Crippen LogP contribution is 2.18. The first kappa shape index (κ1) is 57.5. The van der Waals surface area contributed by atoms with Gasteiger partial charge in [0.1, 0.15) is 42.0 Å². The van der Waals surface area contributed by atoms with Crippen LogP contribution in [0.4, 0.5) is 0 Å². The monoisotopic (exact) mass is 921 g/mol. The number of aromatic nitrogens is 3. The molecule has 358 valence electrons. The number of H-pyrrole nitrogens is 2. The van der Waals surface area contributed by atoms with Crippen LogP contribution in [0.2, 0.25) is 0 Å². The summed E-state index contributed by atoms with van der Waals surface area (Å²) in [5.41, 5.74) is 29.3. The quantitative estimate of drug-likeness (QED) is 0.0569. The molecule has 3 heterocycles. The number of carbonyl (C=O) groups is 8. The number of hydrogen-bond donors (Lipinski definition) is 17. The van der Waals surface area contributed by atoms with Crippen molar-refractivity contribution in [3.8, 4) is 5.75 Å². The first-order valence-corrected chi connectivity index (χ1v) is 19.0. The number of nitrogens with one attached hydrogen (secondary N) is 3. The van der Waals surface area contributed by atoms with Gasteiger partial charge >= 0.3 is 41.8 Å². The highest BCUT2D eigenvalue weighted by molar-refractivity contribution is 5.87. The lowest BCUT2D eigenvalue weighted by Crippen LogP contribution is -2.33. The van der Waals surface area contributed by atoms with E-state index < -0.39 is 84.6 Å². The summed E-state index contributed by atoms with van der Waals surface area (Å²) in [5.74, 6) is -7.32. The summed E-state index contributed by atoms with van der Waals surface area (Å²) in [6.45, 7) is -0.505. The van der Waals surface area contributed by atoms with Gasteiger partial charge in [-0.25, -0.2) is 9.78 Å². The Balaban J connectivity index is 0.000000769. The number of aromatic amines is 2. The van der Waals surface area contributed by atoms with Gasteiger partial charge in [0, 0.05) is 54.7 Å². The van der Waals surface area contributed by atoms with Gasteiger partial charge in [0.15, 0.2) is 0 Å². The number of rotatable bonds is 16. The van der Waals surface area contributed by atoms with Crippen LogP contribution >= 0.6 is 0 Å². The Morgan fingerprint density at radius 2 is 1.20 bits per heavy atom. The minimum Gasteiger partial charge on any atom is -0.508 e. The summed E-state index contributed by atoms with van der Waals surface area (Å²) in [7, 11) is 0. The number of nitrogens with zero attached hydrogens (tertiary/aromatic N) is 1. The zero-order valence-electron chi connectivity index (χ0n) is 34.6. The number of para-hydroxylation sites is 1. The number of fused-ring (bicyclic) bond motifs is 1. The van der Waals surface area contributed by atoms with Crippen molar-refractivity contribution >= 4 is 58.6 Å². The second kappa shape index (κ2) is 30.5. The third-order valence-corrected chi connectivity index (χ3v) is 8.25. The average Bonchev–Trinajstić information content (AvgIpc) is 4.03. The number of carboxylic acids is 7. The van der Waals surface area contributed by atoms with Gasteiger partial charge in [0.25, 0.3) is 0 Å². The SMILES string of the molecule is NC(CCC(=O)O)C(=O)O.NC(CO)C(=O)O.NC(Cc1c[nH]c2ccccc12)C(=O)O.NC(Cc1ccc(O)cc1)C(=O)O.NC(Cc1cnc[nH]1)C(=O)O.O=C1CC[C@@H](C(=O)O)N1. The molecule has 1 aliphatic rings. The zero-order chi connectivity index (χ0) is 49.8. The number of aliphatic hydroxyl groups is 1. The minimum absolute atomic E-state index is 0.0231. The maximum absolute atomic E-state index is 10.6. The van der Waals surface area contributed by atoms with E-state index in [0.29, 0.717) is 19.3 Å². The van der Waals surface area contributed by atoms with E-state index in [-0.39, 0.29) is 37.3 Å². The molecule has 0 saturated carbocycles. The Labute approximate surface area is 369 Å². The van der Waals surface area contributed by atoms with Crippen molar-refractivity contribution in [2.24, 2.45) is 28.7 Å². The lowest BCUT2D eigenvalue weighted by atomic mass is 10.1. The van der Waals surface area contributed by atoms with Crippen LogP contribution in [-0.2, 0) is 57.6 Å². The highest BCUT2D eigenvalue weighted by Gasteiger charge is 2.26. The van der Waals surface area contributed by atoms with E-state index in [2.05, 4.69) is 20.3 Å². The smallest absolute Gasteiger partial charge is 0.326 e. The van der Waals surface area contributed by atoms with Crippen molar-refractivity contribution < 1.29 is 84.3 Å². The number of carboxylic acid groups (broad SMARTS) is 7. The number of amides is 1. The minimum atomic E-state index is -1.18. The predicted octanol–water partition coefficient (Wildman–Crippen LogP) is -2.16. The molecule has 4 aromatic rings. The molecule has 26 nitrogen and oxygen atoms in total. The Morgan fingerprint density at radius 3 is 1.62 bits per heavy atom. The van der Waals surface area contributed by atoms with Crippen LogP contribution in [0, 0.1) is 0 Å². The van der Waals surface area contributed by atoms with Crippen molar-refractivity contribution in [2.45, 2.75) is 81.2 Å². The summed E-state index contributed by atoms with van der Waals surface area (Å²) in [6.07, 6.45) is 6.31. The first-order valence-electron chi connectivity index (χ1n) is 19.0. The lowest BCUT2D eigenvalue weighted by Gasteiger charge is -2.05. The number of nitrogens with two attached hydrogens (primary N) is 5. The first-order chi connectivity index (χ1) is 30.4. The normalized spacial score (nSPS) is 14.6. The Bertz CT molecular complexity index is 2110. The molecule has 2 aromatic heterocycles. The number of phenols is 1. The molecule has 1 aliphatic heterocycles. The highest BCUT2D eigenvalue weighted by atomic mass is 16.4. The van der Waals surface area contributed by atoms with Crippen LogP contribution in [0.15, 0.2) is 67.3 Å². The Morgan fingerprint density at radius 1 is 0.677 bits per heavy atom. The second-order valence-electron chi connectivity index (χ2n) is 13.6. The summed E-state index contributed by atoms with van der Waals surface area (Å²) < 4.78 is 0. The van der Waals surface area contributed by atoms with Crippen LogP contribution in [0.5, 0.6) is 5.75 Å². The van der Waals surface area contributed by atoms with E-state index in [1.54, 1.807) is 18.3 Å². The Kier molecular flexibility index (Phi) is 27.0. The molecule has 5 rings (SSSR count). The van der Waals surface area contributed by atoms with Crippen molar-refractivity contribution in [3.63, 3.8) is 0 Å². The summed E-state index contributed by atoms with van der Waals surface area (Å²) in [6, 6.07) is 8.66. The molecule has 1 saturated heterocycles. The van der Waals surface area contributed by atoms with Crippen LogP contribution in [-0.4, -0.2) is 151 Å². The van der Waals surface area contributed by atoms with Crippen molar-refractivity contribution in [1.29, 1.82) is 0 Å². The fraction of sp³-hybridized carbons (Fsp3) is 0.359. The van der Waals surface area contributed by atoms with Gasteiger partial charge in [-0.1, -0.05) is 30.3 Å². The molecular weight excluding hydrogens is 866 g/mol. The van der Waals surface area contributed by atoms with Crippen LogP contribution in [0.25, 0.3) is 10.9 Å². The number of hydrogen-bond acceptors (Lipinski definition) is 16. The molecule has 0 bridgehead atoms. The molecule has 65 heavy (non-hydrogen) atoms. The fourth-order valence-electron chi connectivity index (χ4n) is 4.60. The van der Waals surface area contributed by atoms with E-state index in [0.717, 1.165) is 27.7 Å². The molecule has 5 unspecified atom stereocenters. The van der Waals surface area contributed by atoms with Gasteiger partial charge in [-0.3, -0.25) is 33.6 Å². The van der Waals surface area contributed by atoms with Gasteiger partial charge in [-0.2, -0.15) is 0 Å². The summed E-state index contributed by atoms with van der Waals surface area (Å²) in [5, 5.41) is 78.5. The topological polar surface area (TPSA) is 505 Å². The largest absolute Gasteiger partial charge is 0.508 e. The van der Waals surface area contributed by atoms with Crippen molar-refractivity contribution in [3.05, 3.63) is 84.1 Å². The predicted molar refractivity (Wildman–Crippen MR) is 227 cm³/mol. The van der Waals surface area contributed by atoms with E-state index in [9.17, 15) is 38.4 Å². The van der Waals surface area contributed by atoms with Gasteiger partial charge in [-0.15, -0.1) is 0 Å². The molecule has 1 amide bonds. The van der Waals surface area contributed by atoms with Gasteiger partial charge < -0.3 is 89.9 Å². The van der Waals surface area contributed by atoms with Crippen molar-refractivity contribution in [1.82, 2.24) is 20.3 Å². The molecule has 0 aliphatic carbocycles. The van der Waals surface area contributed by atoms with Gasteiger partial charge in [0.05, 0.1) is 12.9 Å². The third kappa shape index (κ3) is 25.3. The maximum atomic E-state index is 10.6. The summed E-state index contributed by atoms with van der Waals surface area (Å²) >= 11 is 0. The van der Waals surface area contributed by atoms with E-state index in [1.165, 1.54) is 18.5 Å². The molecule has 2 aromatic carbocycles. The van der Waals surface area contributed by atoms with E-state index in [4.69, 9.17) is 74.6 Å². The van der Waals surface area contributed by atoms with Crippen LogP contribution < -0.4 is 34.0 Å². The standard InChI is InChI=1S/C11H12N2O2.C9H11NO3.C6H9N3O2.C5H9NO4.C5H7NO3.C3H7NO3/c12-9(11(14)15)5-7-6-13-10-4-2-1-3-8(7)10;10-8(9(12)13)5-6-1-3-7(11)4-2-6;7-5(6(10)11)1-4-2-8-3-9-4;6-3(5(9)10)1-2-4(7)8;7-4-2-1-3(6-4)5(8)9;4-2(1-5)3(6)7/h1-4,6,9,13H,5,12H2,(H,14,15);1-4,8,11H,5,10H2,(H,12,13);2-3,5H,1,7H2,(H,8,9)(H,10,11);3H,1-2,6H2,(H,7,8)(H,9,10);3H,1-2H2,(H,6,7)(H,8,9);2,5H,1,4H2,(H,6,7)/t;;;;3-;/m....0./s1. The van der Waals surface area contributed by atoms with Crippen molar-refractivity contribution in [2.75, 3.05) is 6.61 Å². The lowest BCUT2D eigenvalue weighted by molar-refractivity contribution is -0.141. The fourth-order valence-corrected chi connectivity index (χ4v) is 4.60. The number of aliphatic carboxylic acids is 7. The number of phenolic OH excluding ortho intramolecular Hbond substituents is 1. The maximum Gasteiger partial charge on any atom is 0.326 e. The van der Waals surface area contributed by atoms with Crippen LogP contribution in [0.1, 0.15) is 42.5 Å². The molecule has 0 radical (unpaired) electrons. The molecular formula is C39H55N9O17. The van der Waals surface area contributed by atoms with Gasteiger partial charge in [0.2, 0.25) is 5.91 Å². The Hall–Kier alpha value is -7.49. The molecule has 22 N–H and O–H groups in total. The molecule has 1 fully saturated rings. The molecule has 26 heteroatoms. The number of aliphatic hydroxyl groups excluding tert-OH is 1. The number of imidazole rings is 1. The van der Waals surface area contributed by atoms with E-state index in [1.807, 2.05) is 30.5 Å². The molecule has 6 atom stereocenters. The van der Waals surface area contributed by atoms with Crippen LogP contribution in [0.3, 0.4) is 0 Å². The van der Waals surface area contributed by atoms with E-state index >= 15 is 0 Å². The zero-order valence-corrected chi connectivity index (χ0v) is 34.6.